The third-order valence-electron chi connectivity index (χ3n) is 3.79. The van der Waals surface area contributed by atoms with Crippen molar-refractivity contribution in [2.45, 2.75) is 25.5 Å². The number of nitrogens with zero attached hydrogens (tertiary/aromatic N) is 2. The fraction of sp³-hybridized carbons (Fsp3) is 0.250. The van der Waals surface area contributed by atoms with Gasteiger partial charge in [-0.2, -0.15) is 0 Å². The summed E-state index contributed by atoms with van der Waals surface area (Å²) in [7, 11) is -3.78. The average molecular weight is 331 g/mol. The van der Waals surface area contributed by atoms with E-state index in [-0.39, 0.29) is 11.6 Å². The highest BCUT2D eigenvalue weighted by Gasteiger charge is 2.24. The highest BCUT2D eigenvalue weighted by atomic mass is 32.2. The van der Waals surface area contributed by atoms with Gasteiger partial charge in [0.1, 0.15) is 5.25 Å². The van der Waals surface area contributed by atoms with Crippen LogP contribution in [0.3, 0.4) is 0 Å². The molecule has 2 aromatic rings. The van der Waals surface area contributed by atoms with E-state index in [0.29, 0.717) is 17.3 Å². The lowest BCUT2D eigenvalue weighted by molar-refractivity contribution is 0.459. The van der Waals surface area contributed by atoms with Crippen molar-refractivity contribution in [3.63, 3.8) is 0 Å². The minimum atomic E-state index is -3.78. The fourth-order valence-electron chi connectivity index (χ4n) is 2.47. The first-order valence-electron chi connectivity index (χ1n) is 7.20. The maximum atomic E-state index is 12.3. The number of sulfonamides is 1. The normalized spacial score (nSPS) is 18.7. The van der Waals surface area contributed by atoms with Crippen LogP contribution in [0.1, 0.15) is 18.9 Å². The molecule has 0 saturated carbocycles. The molecular formula is C16H17N3O3S. The van der Waals surface area contributed by atoms with E-state index >= 15 is 0 Å². The lowest BCUT2D eigenvalue weighted by atomic mass is 10.1. The number of aromatic nitrogens is 1. The van der Waals surface area contributed by atoms with E-state index < -0.39 is 15.3 Å². The van der Waals surface area contributed by atoms with Crippen LogP contribution < -0.4 is 0 Å². The minimum Gasteiger partial charge on any atom is -0.493 e. The second-order valence-electron chi connectivity index (χ2n) is 5.65. The van der Waals surface area contributed by atoms with Gasteiger partial charge in [-0.05, 0) is 32.4 Å². The SMILES string of the molecule is CC1=CC[C@H](S(=O)(=O)N=Nc2c(O)[nH]c3ccc(C)cc23)C=C1. The van der Waals surface area contributed by atoms with Crippen molar-refractivity contribution in [1.82, 2.24) is 4.98 Å². The lowest BCUT2D eigenvalue weighted by Gasteiger charge is -2.11. The van der Waals surface area contributed by atoms with Crippen LogP contribution in [0.5, 0.6) is 5.88 Å². The van der Waals surface area contributed by atoms with Gasteiger partial charge < -0.3 is 10.1 Å². The van der Waals surface area contributed by atoms with Gasteiger partial charge in [-0.15, -0.1) is 5.11 Å². The summed E-state index contributed by atoms with van der Waals surface area (Å²) in [4.78, 5) is 2.76. The lowest BCUT2D eigenvalue weighted by Crippen LogP contribution is -2.17. The third kappa shape index (κ3) is 3.05. The fourth-order valence-corrected chi connectivity index (χ4v) is 3.40. The molecule has 6 nitrogen and oxygen atoms in total. The largest absolute Gasteiger partial charge is 0.493 e. The molecule has 0 aliphatic heterocycles. The first-order valence-corrected chi connectivity index (χ1v) is 8.70. The molecule has 0 spiro atoms. The molecule has 3 rings (SSSR count). The molecule has 7 heteroatoms. The number of aromatic hydroxyl groups is 1. The predicted octanol–water partition coefficient (Wildman–Crippen LogP) is 3.87. The monoisotopic (exact) mass is 331 g/mol. The summed E-state index contributed by atoms with van der Waals surface area (Å²) in [6.07, 6.45) is 5.60. The molecule has 1 aliphatic carbocycles. The Hall–Kier alpha value is -2.41. The van der Waals surface area contributed by atoms with Crippen LogP contribution in [0.25, 0.3) is 10.9 Å². The zero-order valence-electron chi connectivity index (χ0n) is 12.8. The summed E-state index contributed by atoms with van der Waals surface area (Å²) in [5, 5.41) is 13.7. The molecule has 120 valence electrons. The van der Waals surface area contributed by atoms with Gasteiger partial charge in [-0.1, -0.05) is 40.0 Å². The first-order chi connectivity index (χ1) is 10.9. The molecule has 0 radical (unpaired) electrons. The van der Waals surface area contributed by atoms with Crippen molar-refractivity contribution in [2.24, 2.45) is 9.63 Å². The average Bonchev–Trinajstić information content (AvgIpc) is 2.80. The zero-order valence-corrected chi connectivity index (χ0v) is 13.6. The Kier molecular flexibility index (Phi) is 3.81. The Bertz CT molecular complexity index is 952. The van der Waals surface area contributed by atoms with Gasteiger partial charge in [-0.25, -0.2) is 8.42 Å². The molecule has 1 aromatic heterocycles. The van der Waals surface area contributed by atoms with Crippen LogP contribution >= 0.6 is 0 Å². The second kappa shape index (κ2) is 5.66. The van der Waals surface area contributed by atoms with Gasteiger partial charge in [0.25, 0.3) is 10.0 Å². The number of rotatable bonds is 3. The highest BCUT2D eigenvalue weighted by molar-refractivity contribution is 7.90. The Morgan fingerprint density at radius 2 is 2.09 bits per heavy atom. The number of fused-ring (bicyclic) bond motifs is 1. The van der Waals surface area contributed by atoms with Crippen molar-refractivity contribution in [3.8, 4) is 5.88 Å². The maximum absolute atomic E-state index is 12.3. The second-order valence-corrected chi connectivity index (χ2v) is 7.45. The summed E-state index contributed by atoms with van der Waals surface area (Å²) in [5.41, 5.74) is 2.82. The Labute approximate surface area is 134 Å². The summed E-state index contributed by atoms with van der Waals surface area (Å²) in [6.45, 7) is 3.82. The number of aromatic amines is 1. The molecule has 0 fully saturated rings. The molecule has 23 heavy (non-hydrogen) atoms. The molecule has 1 aromatic carbocycles. The van der Waals surface area contributed by atoms with Crippen LogP contribution in [0.2, 0.25) is 0 Å². The highest BCUT2D eigenvalue weighted by Crippen LogP contribution is 2.36. The van der Waals surface area contributed by atoms with Crippen molar-refractivity contribution in [1.29, 1.82) is 0 Å². The van der Waals surface area contributed by atoms with E-state index in [0.717, 1.165) is 11.1 Å². The maximum Gasteiger partial charge on any atom is 0.277 e. The summed E-state index contributed by atoms with van der Waals surface area (Å²) < 4.78 is 28.1. The topological polar surface area (TPSA) is 94.9 Å². The quantitative estimate of drug-likeness (QED) is 0.836. The molecule has 1 heterocycles. The number of hydrogen-bond acceptors (Lipinski definition) is 4. The Balaban J connectivity index is 1.95. The molecule has 0 bridgehead atoms. The van der Waals surface area contributed by atoms with Crippen LogP contribution in [0, 0.1) is 6.92 Å². The van der Waals surface area contributed by atoms with Crippen LogP contribution in [0.4, 0.5) is 5.69 Å². The Morgan fingerprint density at radius 3 is 2.78 bits per heavy atom. The zero-order chi connectivity index (χ0) is 16.6. The molecule has 1 aliphatic rings. The smallest absolute Gasteiger partial charge is 0.277 e. The van der Waals surface area contributed by atoms with Gasteiger partial charge >= 0.3 is 0 Å². The van der Waals surface area contributed by atoms with E-state index in [9.17, 15) is 13.5 Å². The van der Waals surface area contributed by atoms with E-state index in [4.69, 9.17) is 0 Å². The standard InChI is InChI=1S/C16H17N3O3S/c1-10-3-6-12(7-4-10)23(21,22)19-18-15-13-9-11(2)5-8-14(13)17-16(15)20/h3-6,8-9,12,17,20H,7H2,1-2H3/t12-/m1/s1. The van der Waals surface area contributed by atoms with E-state index in [1.165, 1.54) is 0 Å². The van der Waals surface area contributed by atoms with Gasteiger partial charge in [0, 0.05) is 5.39 Å². The molecule has 0 saturated heterocycles. The van der Waals surface area contributed by atoms with Gasteiger partial charge in [-0.3, -0.25) is 0 Å². The number of allylic oxidation sites excluding steroid dienone is 3. The summed E-state index contributed by atoms with van der Waals surface area (Å²) in [5.74, 6) is -0.195. The number of hydrogen-bond donors (Lipinski definition) is 2. The van der Waals surface area contributed by atoms with Crippen LogP contribution in [-0.4, -0.2) is 23.8 Å². The molecule has 1 atom stereocenters. The summed E-state index contributed by atoms with van der Waals surface area (Å²) in [6, 6.07) is 5.51. The van der Waals surface area contributed by atoms with Gasteiger partial charge in [0.2, 0.25) is 5.88 Å². The van der Waals surface area contributed by atoms with Crippen molar-refractivity contribution in [2.75, 3.05) is 0 Å². The molecule has 0 unspecified atom stereocenters. The van der Waals surface area contributed by atoms with Crippen LogP contribution in [-0.2, 0) is 10.0 Å². The molecule has 2 N–H and O–H groups in total. The van der Waals surface area contributed by atoms with Crippen molar-refractivity contribution >= 4 is 26.6 Å². The number of benzene rings is 1. The van der Waals surface area contributed by atoms with E-state index in [2.05, 4.69) is 14.6 Å². The third-order valence-corrected chi connectivity index (χ3v) is 5.21. The van der Waals surface area contributed by atoms with E-state index in [1.54, 1.807) is 18.2 Å². The van der Waals surface area contributed by atoms with Gasteiger partial charge in [0.15, 0.2) is 5.69 Å². The number of aryl methyl sites for hydroxylation is 1. The molecular weight excluding hydrogens is 314 g/mol. The predicted molar refractivity (Wildman–Crippen MR) is 89.4 cm³/mol. The summed E-state index contributed by atoms with van der Waals surface area (Å²) >= 11 is 0. The number of H-pyrrole nitrogens is 1. The van der Waals surface area contributed by atoms with E-state index in [1.807, 2.05) is 32.1 Å². The van der Waals surface area contributed by atoms with Crippen LogP contribution in [0.15, 0.2) is 51.6 Å². The van der Waals surface area contributed by atoms with Crippen molar-refractivity contribution in [3.05, 3.63) is 47.6 Å². The van der Waals surface area contributed by atoms with Crippen molar-refractivity contribution < 1.29 is 13.5 Å². The number of nitrogens with one attached hydrogen (secondary N) is 1. The first kappa shape index (κ1) is 15.5. The van der Waals surface area contributed by atoms with Gasteiger partial charge in [0.05, 0.1) is 5.52 Å². The minimum absolute atomic E-state index is 0.138. The molecule has 0 amide bonds. The Morgan fingerprint density at radius 1 is 1.30 bits per heavy atom.